The normalized spacial score (nSPS) is 14.2. The van der Waals surface area contributed by atoms with E-state index < -0.39 is 0 Å². The molecular formula is C17H36N2O. The summed E-state index contributed by atoms with van der Waals surface area (Å²) >= 11 is 0. The van der Waals surface area contributed by atoms with Gasteiger partial charge in [-0.25, -0.2) is 0 Å². The van der Waals surface area contributed by atoms with E-state index in [1.807, 2.05) is 0 Å². The van der Waals surface area contributed by atoms with Crippen LogP contribution in [0.4, 0.5) is 0 Å². The molecule has 0 radical (unpaired) electrons. The Hall–Kier alpha value is -0.570. The number of hydrogen-bond donors (Lipinski definition) is 2. The molecule has 1 unspecified atom stereocenters. The average Bonchev–Trinajstić information content (AvgIpc) is 2.24. The van der Waals surface area contributed by atoms with Gasteiger partial charge in [-0.15, -0.1) is 0 Å². The lowest BCUT2D eigenvalue weighted by atomic mass is 9.86. The largest absolute Gasteiger partial charge is 0.356 e. The van der Waals surface area contributed by atoms with Gasteiger partial charge >= 0.3 is 0 Å². The highest BCUT2D eigenvalue weighted by atomic mass is 16.1. The molecule has 0 aliphatic rings. The minimum atomic E-state index is -0.0433. The smallest absolute Gasteiger partial charge is 0.221 e. The molecule has 120 valence electrons. The summed E-state index contributed by atoms with van der Waals surface area (Å²) in [5, 5.41) is 3.05. The number of amides is 1. The molecule has 0 aromatic carbocycles. The van der Waals surface area contributed by atoms with Gasteiger partial charge < -0.3 is 11.1 Å². The molecule has 0 saturated carbocycles. The first-order chi connectivity index (χ1) is 9.06. The predicted molar refractivity (Wildman–Crippen MR) is 87.6 cm³/mol. The van der Waals surface area contributed by atoms with Crippen LogP contribution in [-0.4, -0.2) is 18.5 Å². The molecule has 0 fully saturated rings. The Morgan fingerprint density at radius 1 is 1.15 bits per heavy atom. The van der Waals surface area contributed by atoms with Crippen LogP contribution in [0.3, 0.4) is 0 Å². The van der Waals surface area contributed by atoms with Crippen molar-refractivity contribution in [1.29, 1.82) is 0 Å². The van der Waals surface area contributed by atoms with Gasteiger partial charge in [0.15, 0.2) is 0 Å². The number of unbranched alkanes of at least 4 members (excludes halogenated alkanes) is 2. The highest BCUT2D eigenvalue weighted by Gasteiger charge is 2.21. The van der Waals surface area contributed by atoms with Crippen molar-refractivity contribution in [2.24, 2.45) is 16.6 Å². The van der Waals surface area contributed by atoms with E-state index in [1.54, 1.807) is 0 Å². The molecule has 0 aliphatic carbocycles. The van der Waals surface area contributed by atoms with E-state index in [9.17, 15) is 4.79 Å². The van der Waals surface area contributed by atoms with Crippen molar-refractivity contribution in [2.45, 2.75) is 86.1 Å². The second-order valence-electron chi connectivity index (χ2n) is 8.13. The maximum atomic E-state index is 11.9. The van der Waals surface area contributed by atoms with Gasteiger partial charge in [-0.2, -0.15) is 0 Å². The van der Waals surface area contributed by atoms with Crippen LogP contribution in [0.5, 0.6) is 0 Å². The minimum Gasteiger partial charge on any atom is -0.356 e. The summed E-state index contributed by atoms with van der Waals surface area (Å²) in [5.41, 5.74) is 6.40. The van der Waals surface area contributed by atoms with E-state index in [1.165, 1.54) is 19.3 Å². The Balaban J connectivity index is 3.97. The van der Waals surface area contributed by atoms with Crippen LogP contribution in [0.15, 0.2) is 0 Å². The zero-order chi connectivity index (χ0) is 15.8. The Morgan fingerprint density at radius 2 is 1.75 bits per heavy atom. The zero-order valence-corrected chi connectivity index (χ0v) is 14.5. The first-order valence-electron chi connectivity index (χ1n) is 8.08. The molecule has 0 bridgehead atoms. The van der Waals surface area contributed by atoms with Gasteiger partial charge in [0.1, 0.15) is 0 Å². The molecule has 0 aliphatic heterocycles. The maximum absolute atomic E-state index is 11.9. The van der Waals surface area contributed by atoms with Crippen LogP contribution < -0.4 is 11.1 Å². The molecule has 0 heterocycles. The van der Waals surface area contributed by atoms with Gasteiger partial charge in [-0.3, -0.25) is 4.79 Å². The third kappa shape index (κ3) is 11.3. The summed E-state index contributed by atoms with van der Waals surface area (Å²) in [5.74, 6) is 0.0883. The highest BCUT2D eigenvalue weighted by Crippen LogP contribution is 2.23. The second kappa shape index (κ2) is 8.66. The van der Waals surface area contributed by atoms with Crippen LogP contribution >= 0.6 is 0 Å². The Morgan fingerprint density at radius 3 is 2.25 bits per heavy atom. The number of nitrogens with two attached hydrogens (primary N) is 1. The Labute approximate surface area is 126 Å². The van der Waals surface area contributed by atoms with Crippen LogP contribution in [0.1, 0.15) is 80.1 Å². The van der Waals surface area contributed by atoms with Gasteiger partial charge in [-0.05, 0) is 23.7 Å². The zero-order valence-electron chi connectivity index (χ0n) is 14.5. The fraction of sp³-hybridized carbons (Fsp3) is 0.941. The van der Waals surface area contributed by atoms with Crippen molar-refractivity contribution in [2.75, 3.05) is 6.54 Å². The fourth-order valence-electron chi connectivity index (χ4n) is 2.45. The van der Waals surface area contributed by atoms with Crippen molar-refractivity contribution in [3.63, 3.8) is 0 Å². The first-order valence-corrected chi connectivity index (χ1v) is 8.08. The number of nitrogens with one attached hydrogen (secondary N) is 1. The van der Waals surface area contributed by atoms with Crippen LogP contribution in [-0.2, 0) is 4.79 Å². The molecule has 0 aromatic rings. The molecule has 0 rings (SSSR count). The van der Waals surface area contributed by atoms with Crippen molar-refractivity contribution in [1.82, 2.24) is 5.32 Å². The second-order valence-corrected chi connectivity index (χ2v) is 8.13. The molecule has 3 nitrogen and oxygen atoms in total. The van der Waals surface area contributed by atoms with E-state index in [2.05, 4.69) is 46.9 Å². The van der Waals surface area contributed by atoms with Gasteiger partial charge in [0.25, 0.3) is 0 Å². The van der Waals surface area contributed by atoms with Gasteiger partial charge in [0.05, 0.1) is 0 Å². The molecule has 3 heteroatoms. The third-order valence-electron chi connectivity index (χ3n) is 3.54. The number of hydrogen-bond acceptors (Lipinski definition) is 2. The van der Waals surface area contributed by atoms with Crippen molar-refractivity contribution >= 4 is 5.91 Å². The van der Waals surface area contributed by atoms with E-state index in [0.29, 0.717) is 6.42 Å². The fourth-order valence-corrected chi connectivity index (χ4v) is 2.45. The molecule has 3 N–H and O–H groups in total. The Kier molecular flexibility index (Phi) is 8.41. The van der Waals surface area contributed by atoms with Crippen LogP contribution in [0.2, 0.25) is 0 Å². The number of carbonyl (C=O) groups is 1. The first kappa shape index (κ1) is 19.4. The van der Waals surface area contributed by atoms with Crippen LogP contribution in [0.25, 0.3) is 0 Å². The standard InChI is InChI=1S/C17H36N2O/c1-7-8-9-10-17(5,6)13-19-15(20)11-14(18)12-16(2,3)4/h14H,7-13,18H2,1-6H3,(H,19,20). The summed E-state index contributed by atoms with van der Waals surface area (Å²) in [6.45, 7) is 13.9. The van der Waals surface area contributed by atoms with E-state index in [0.717, 1.165) is 19.4 Å². The van der Waals surface area contributed by atoms with Crippen molar-refractivity contribution < 1.29 is 4.79 Å². The topological polar surface area (TPSA) is 55.1 Å². The lowest BCUT2D eigenvalue weighted by Gasteiger charge is -2.26. The molecular weight excluding hydrogens is 248 g/mol. The van der Waals surface area contributed by atoms with Gasteiger partial charge in [0, 0.05) is 19.0 Å². The Bertz CT molecular complexity index is 279. The summed E-state index contributed by atoms with van der Waals surface area (Å²) in [4.78, 5) is 11.9. The summed E-state index contributed by atoms with van der Waals surface area (Å²) < 4.78 is 0. The number of rotatable bonds is 9. The lowest BCUT2D eigenvalue weighted by Crippen LogP contribution is -2.38. The molecule has 1 amide bonds. The van der Waals surface area contributed by atoms with E-state index in [4.69, 9.17) is 5.73 Å². The molecule has 1 atom stereocenters. The molecule has 0 spiro atoms. The van der Waals surface area contributed by atoms with Gasteiger partial charge in [-0.1, -0.05) is 60.8 Å². The summed E-state index contributed by atoms with van der Waals surface area (Å²) in [7, 11) is 0. The highest BCUT2D eigenvalue weighted by molar-refractivity contribution is 5.76. The maximum Gasteiger partial charge on any atom is 0.221 e. The van der Waals surface area contributed by atoms with Crippen molar-refractivity contribution in [3.8, 4) is 0 Å². The lowest BCUT2D eigenvalue weighted by molar-refractivity contribution is -0.122. The third-order valence-corrected chi connectivity index (χ3v) is 3.54. The van der Waals surface area contributed by atoms with Crippen molar-refractivity contribution in [3.05, 3.63) is 0 Å². The predicted octanol–water partition coefficient (Wildman–Crippen LogP) is 3.86. The SMILES string of the molecule is CCCCCC(C)(C)CNC(=O)CC(N)CC(C)(C)C. The monoisotopic (exact) mass is 284 g/mol. The number of carbonyl (C=O) groups excluding carboxylic acids is 1. The van der Waals surface area contributed by atoms with E-state index in [-0.39, 0.29) is 22.8 Å². The molecule has 0 aromatic heterocycles. The van der Waals surface area contributed by atoms with E-state index >= 15 is 0 Å². The molecule has 0 saturated heterocycles. The van der Waals surface area contributed by atoms with Crippen LogP contribution in [0, 0.1) is 10.8 Å². The minimum absolute atomic E-state index is 0.0433. The average molecular weight is 284 g/mol. The quantitative estimate of drug-likeness (QED) is 0.632. The summed E-state index contributed by atoms with van der Waals surface area (Å²) in [6.07, 6.45) is 6.22. The summed E-state index contributed by atoms with van der Waals surface area (Å²) in [6, 6.07) is -0.0433. The molecule has 20 heavy (non-hydrogen) atoms. The van der Waals surface area contributed by atoms with Gasteiger partial charge in [0.2, 0.25) is 5.91 Å².